The van der Waals surface area contributed by atoms with Crippen LogP contribution in [0.2, 0.25) is 0 Å². The summed E-state index contributed by atoms with van der Waals surface area (Å²) in [6.07, 6.45) is 1.10. The quantitative estimate of drug-likeness (QED) is 0.854. The van der Waals surface area contributed by atoms with Crippen LogP contribution in [0.5, 0.6) is 0 Å². The molecule has 4 heteroatoms. The van der Waals surface area contributed by atoms with Gasteiger partial charge in [0.1, 0.15) is 10.8 Å². The highest BCUT2D eigenvalue weighted by molar-refractivity contribution is 9.10. The fourth-order valence-corrected chi connectivity index (χ4v) is 2.82. The Hall–Kier alpha value is -1.000. The second-order valence-corrected chi connectivity index (χ2v) is 5.74. The zero-order chi connectivity index (χ0) is 12.8. The molecular formula is C14H15BrN2S. The number of hydrogen-bond acceptors (Lipinski definition) is 3. The van der Waals surface area contributed by atoms with Crippen LogP contribution in [0.3, 0.4) is 0 Å². The number of rotatable bonds is 5. The third-order valence-electron chi connectivity index (χ3n) is 2.33. The summed E-state index contributed by atoms with van der Waals surface area (Å²) in [6, 6.07) is 14.2. The Kier molecular flexibility index (Phi) is 5.08. The number of nitrogens with one attached hydrogen (secondary N) is 1. The van der Waals surface area contributed by atoms with Crippen LogP contribution in [-0.4, -0.2) is 11.5 Å². The predicted octanol–water partition coefficient (Wildman–Crippen LogP) is 4.82. The lowest BCUT2D eigenvalue weighted by Crippen LogP contribution is -2.01. The summed E-state index contributed by atoms with van der Waals surface area (Å²) in [7, 11) is 0. The van der Waals surface area contributed by atoms with E-state index in [-0.39, 0.29) is 0 Å². The highest BCUT2D eigenvalue weighted by atomic mass is 79.9. The zero-order valence-corrected chi connectivity index (χ0v) is 12.6. The van der Waals surface area contributed by atoms with Gasteiger partial charge in [-0.15, -0.1) is 0 Å². The number of pyridine rings is 1. The van der Waals surface area contributed by atoms with Crippen molar-refractivity contribution in [3.63, 3.8) is 0 Å². The summed E-state index contributed by atoms with van der Waals surface area (Å²) in [6.45, 7) is 3.10. The van der Waals surface area contributed by atoms with E-state index in [2.05, 4.69) is 39.2 Å². The maximum absolute atomic E-state index is 4.58. The van der Waals surface area contributed by atoms with Gasteiger partial charge in [0.05, 0.1) is 0 Å². The fraction of sp³-hybridized carbons (Fsp3) is 0.214. The van der Waals surface area contributed by atoms with E-state index < -0.39 is 0 Å². The van der Waals surface area contributed by atoms with E-state index in [1.807, 2.05) is 36.4 Å². The van der Waals surface area contributed by atoms with Crippen molar-refractivity contribution in [1.82, 2.24) is 4.98 Å². The Bertz CT molecular complexity index is 517. The standard InChI is InChI=1S/C14H15BrN2S/c1-2-10-16-13-8-5-9-14(17-13)18-12-7-4-3-6-11(12)15/h3-9H,2,10H2,1H3,(H,16,17). The molecule has 0 saturated heterocycles. The summed E-state index contributed by atoms with van der Waals surface area (Å²) in [4.78, 5) is 5.76. The van der Waals surface area contributed by atoms with Crippen LogP contribution in [0.25, 0.3) is 0 Å². The number of benzene rings is 1. The first kappa shape index (κ1) is 13.4. The smallest absolute Gasteiger partial charge is 0.127 e. The molecular weight excluding hydrogens is 308 g/mol. The largest absolute Gasteiger partial charge is 0.370 e. The van der Waals surface area contributed by atoms with Crippen molar-refractivity contribution in [1.29, 1.82) is 0 Å². The van der Waals surface area contributed by atoms with E-state index in [1.54, 1.807) is 11.8 Å². The molecule has 0 aliphatic heterocycles. The highest BCUT2D eigenvalue weighted by Gasteiger charge is 2.03. The van der Waals surface area contributed by atoms with E-state index >= 15 is 0 Å². The number of hydrogen-bond donors (Lipinski definition) is 1. The minimum Gasteiger partial charge on any atom is -0.370 e. The van der Waals surface area contributed by atoms with E-state index in [1.165, 1.54) is 4.90 Å². The first-order valence-corrected chi connectivity index (χ1v) is 7.54. The summed E-state index contributed by atoms with van der Waals surface area (Å²) in [5.74, 6) is 0.939. The van der Waals surface area contributed by atoms with Gasteiger partial charge in [0, 0.05) is 15.9 Å². The van der Waals surface area contributed by atoms with Crippen LogP contribution >= 0.6 is 27.7 Å². The molecule has 1 N–H and O–H groups in total. The maximum atomic E-state index is 4.58. The maximum Gasteiger partial charge on any atom is 0.127 e. The van der Waals surface area contributed by atoms with Gasteiger partial charge in [0.15, 0.2) is 0 Å². The lowest BCUT2D eigenvalue weighted by molar-refractivity contribution is 0.960. The van der Waals surface area contributed by atoms with Crippen LogP contribution in [0.15, 0.2) is 56.9 Å². The lowest BCUT2D eigenvalue weighted by Gasteiger charge is -2.07. The minimum atomic E-state index is 0.939. The Morgan fingerprint density at radius 3 is 2.78 bits per heavy atom. The van der Waals surface area contributed by atoms with Gasteiger partial charge in [-0.2, -0.15) is 0 Å². The molecule has 2 aromatic rings. The monoisotopic (exact) mass is 322 g/mol. The van der Waals surface area contributed by atoms with Crippen LogP contribution < -0.4 is 5.32 Å². The van der Waals surface area contributed by atoms with E-state index in [0.29, 0.717) is 0 Å². The lowest BCUT2D eigenvalue weighted by atomic mass is 10.4. The van der Waals surface area contributed by atoms with Gasteiger partial charge >= 0.3 is 0 Å². The van der Waals surface area contributed by atoms with Crippen LogP contribution in [-0.2, 0) is 0 Å². The molecule has 94 valence electrons. The van der Waals surface area contributed by atoms with E-state index in [9.17, 15) is 0 Å². The molecule has 0 fully saturated rings. The summed E-state index contributed by atoms with van der Waals surface area (Å²) >= 11 is 5.21. The number of halogens is 1. The van der Waals surface area contributed by atoms with Crippen molar-refractivity contribution in [2.45, 2.75) is 23.3 Å². The number of nitrogens with zero attached hydrogens (tertiary/aromatic N) is 1. The van der Waals surface area contributed by atoms with Crippen LogP contribution in [0.4, 0.5) is 5.82 Å². The molecule has 2 rings (SSSR count). The summed E-state index contributed by atoms with van der Waals surface area (Å²) in [5, 5.41) is 4.30. The van der Waals surface area contributed by atoms with Gasteiger partial charge in [0.25, 0.3) is 0 Å². The Morgan fingerprint density at radius 2 is 2.00 bits per heavy atom. The zero-order valence-electron chi connectivity index (χ0n) is 10.2. The van der Waals surface area contributed by atoms with Gasteiger partial charge in [-0.05, 0) is 46.6 Å². The Labute approximate surface area is 120 Å². The van der Waals surface area contributed by atoms with Gasteiger partial charge in [-0.25, -0.2) is 4.98 Å². The molecule has 0 saturated carbocycles. The molecule has 0 atom stereocenters. The topological polar surface area (TPSA) is 24.9 Å². The third kappa shape index (κ3) is 3.75. The van der Waals surface area contributed by atoms with Crippen molar-refractivity contribution in [2.24, 2.45) is 0 Å². The van der Waals surface area contributed by atoms with Crippen molar-refractivity contribution >= 4 is 33.5 Å². The van der Waals surface area contributed by atoms with Crippen LogP contribution in [0, 0.1) is 0 Å². The molecule has 1 heterocycles. The number of anilines is 1. The average Bonchev–Trinajstić information content (AvgIpc) is 2.40. The molecule has 2 nitrogen and oxygen atoms in total. The highest BCUT2D eigenvalue weighted by Crippen LogP contribution is 2.32. The Morgan fingerprint density at radius 1 is 1.17 bits per heavy atom. The first-order chi connectivity index (χ1) is 8.79. The molecule has 0 amide bonds. The molecule has 18 heavy (non-hydrogen) atoms. The predicted molar refractivity (Wildman–Crippen MR) is 81.3 cm³/mol. The summed E-state index contributed by atoms with van der Waals surface area (Å²) < 4.78 is 1.10. The van der Waals surface area contributed by atoms with E-state index in [0.717, 1.165) is 28.3 Å². The number of aromatic nitrogens is 1. The first-order valence-electron chi connectivity index (χ1n) is 5.93. The van der Waals surface area contributed by atoms with Crippen molar-refractivity contribution in [2.75, 3.05) is 11.9 Å². The Balaban J connectivity index is 2.12. The van der Waals surface area contributed by atoms with Gasteiger partial charge in [0.2, 0.25) is 0 Å². The van der Waals surface area contributed by atoms with Crippen LogP contribution in [0.1, 0.15) is 13.3 Å². The van der Waals surface area contributed by atoms with E-state index in [4.69, 9.17) is 0 Å². The van der Waals surface area contributed by atoms with Crippen molar-refractivity contribution < 1.29 is 0 Å². The summed E-state index contributed by atoms with van der Waals surface area (Å²) in [5.41, 5.74) is 0. The molecule has 0 radical (unpaired) electrons. The SMILES string of the molecule is CCCNc1cccc(Sc2ccccc2Br)n1. The molecule has 0 unspecified atom stereocenters. The minimum absolute atomic E-state index is 0.939. The molecule has 1 aromatic heterocycles. The average molecular weight is 323 g/mol. The van der Waals surface area contributed by atoms with Gasteiger partial charge in [-0.3, -0.25) is 0 Å². The molecule has 0 aliphatic rings. The second kappa shape index (κ2) is 6.81. The van der Waals surface area contributed by atoms with Crippen molar-refractivity contribution in [3.05, 3.63) is 46.9 Å². The normalized spacial score (nSPS) is 10.3. The molecule has 0 bridgehead atoms. The fourth-order valence-electron chi connectivity index (χ4n) is 1.46. The van der Waals surface area contributed by atoms with Gasteiger partial charge < -0.3 is 5.32 Å². The third-order valence-corrected chi connectivity index (χ3v) is 4.30. The molecule has 1 aromatic carbocycles. The molecule has 0 spiro atoms. The van der Waals surface area contributed by atoms with Crippen molar-refractivity contribution in [3.8, 4) is 0 Å². The second-order valence-electron chi connectivity index (χ2n) is 3.82. The van der Waals surface area contributed by atoms with Gasteiger partial charge in [-0.1, -0.05) is 36.9 Å². The molecule has 0 aliphatic carbocycles.